The van der Waals surface area contributed by atoms with E-state index in [1.807, 2.05) is 65.6 Å². The molecule has 0 fully saturated rings. The number of hydrogen-bond acceptors (Lipinski definition) is 2. The van der Waals surface area contributed by atoms with Gasteiger partial charge in [-0.15, -0.1) is 0 Å². The van der Waals surface area contributed by atoms with Crippen molar-refractivity contribution in [2.75, 3.05) is 0 Å². The van der Waals surface area contributed by atoms with Crippen molar-refractivity contribution in [3.63, 3.8) is 0 Å². The smallest absolute Gasteiger partial charge is 0.223 e. The van der Waals surface area contributed by atoms with Crippen LogP contribution < -0.4 is 0 Å². The summed E-state index contributed by atoms with van der Waals surface area (Å²) in [5.41, 5.74) is 2.26. The van der Waals surface area contributed by atoms with E-state index >= 15 is 0 Å². The first kappa shape index (κ1) is 16.9. The molecule has 0 radical (unpaired) electrons. The molecule has 0 saturated heterocycles. The van der Waals surface area contributed by atoms with Crippen LogP contribution in [0.25, 0.3) is 0 Å². The fourth-order valence-electron chi connectivity index (χ4n) is 2.50. The lowest BCUT2D eigenvalue weighted by Crippen LogP contribution is -2.29. The van der Waals surface area contributed by atoms with Gasteiger partial charge in [-0.25, -0.2) is 0 Å². The number of amides is 1. The molecule has 0 spiro atoms. The van der Waals surface area contributed by atoms with Crippen molar-refractivity contribution in [1.82, 2.24) is 4.90 Å². The van der Waals surface area contributed by atoms with E-state index in [1.54, 1.807) is 0 Å². The van der Waals surface area contributed by atoms with Gasteiger partial charge in [-0.2, -0.15) is 0 Å². The largest absolute Gasteiger partial charge is 0.334 e. The standard InChI is InChI=1S/C20H23NO2/c22-15-9-3-8-14-20(23)21(16-18-10-4-1-5-11-18)17-19-12-6-2-7-13-19/h1-2,4-7,10-13,15H,3,8-9,14,16-17H2. The van der Waals surface area contributed by atoms with E-state index in [0.717, 1.165) is 30.3 Å². The van der Waals surface area contributed by atoms with Gasteiger partial charge in [-0.1, -0.05) is 60.7 Å². The zero-order chi connectivity index (χ0) is 16.3. The van der Waals surface area contributed by atoms with Crippen molar-refractivity contribution in [3.8, 4) is 0 Å². The van der Waals surface area contributed by atoms with Crippen molar-refractivity contribution in [3.05, 3.63) is 71.8 Å². The molecule has 2 rings (SSSR count). The van der Waals surface area contributed by atoms with Crippen LogP contribution in [0, 0.1) is 0 Å². The molecular weight excluding hydrogens is 286 g/mol. The summed E-state index contributed by atoms with van der Waals surface area (Å²) >= 11 is 0. The Morgan fingerprint density at radius 3 is 1.83 bits per heavy atom. The molecule has 0 aliphatic carbocycles. The van der Waals surface area contributed by atoms with Crippen LogP contribution in [0.1, 0.15) is 36.8 Å². The summed E-state index contributed by atoms with van der Waals surface area (Å²) in [6, 6.07) is 20.1. The predicted octanol–water partition coefficient (Wildman–Crippen LogP) is 3.97. The molecule has 3 nitrogen and oxygen atoms in total. The number of hydrogen-bond donors (Lipinski definition) is 0. The first-order chi connectivity index (χ1) is 11.3. The van der Waals surface area contributed by atoms with E-state index in [2.05, 4.69) is 0 Å². The maximum absolute atomic E-state index is 12.6. The Balaban J connectivity index is 2.01. The maximum Gasteiger partial charge on any atom is 0.223 e. The van der Waals surface area contributed by atoms with E-state index in [9.17, 15) is 9.59 Å². The Bertz CT molecular complexity index is 554. The minimum Gasteiger partial charge on any atom is -0.334 e. The summed E-state index contributed by atoms with van der Waals surface area (Å²) in [7, 11) is 0. The van der Waals surface area contributed by atoms with Crippen LogP contribution in [0.4, 0.5) is 0 Å². The van der Waals surface area contributed by atoms with Crippen LogP contribution in [0.3, 0.4) is 0 Å². The molecule has 1 amide bonds. The monoisotopic (exact) mass is 309 g/mol. The zero-order valence-corrected chi connectivity index (χ0v) is 13.4. The Labute approximate surface area is 137 Å². The molecule has 0 saturated carbocycles. The number of carbonyl (C=O) groups excluding carboxylic acids is 2. The highest BCUT2D eigenvalue weighted by Gasteiger charge is 2.14. The molecule has 2 aromatic rings. The van der Waals surface area contributed by atoms with Crippen LogP contribution >= 0.6 is 0 Å². The van der Waals surface area contributed by atoms with Crippen LogP contribution in [0.2, 0.25) is 0 Å². The normalized spacial score (nSPS) is 10.3. The molecule has 0 unspecified atom stereocenters. The van der Waals surface area contributed by atoms with Gasteiger partial charge in [0.25, 0.3) is 0 Å². The lowest BCUT2D eigenvalue weighted by molar-refractivity contribution is -0.132. The summed E-state index contributed by atoms with van der Waals surface area (Å²) in [5.74, 6) is 0.142. The number of carbonyl (C=O) groups is 2. The maximum atomic E-state index is 12.6. The summed E-state index contributed by atoms with van der Waals surface area (Å²) in [6.45, 7) is 1.23. The molecule has 0 aliphatic rings. The minimum atomic E-state index is 0.142. The van der Waals surface area contributed by atoms with Crippen molar-refractivity contribution < 1.29 is 9.59 Å². The second-order valence-corrected chi connectivity index (χ2v) is 5.63. The summed E-state index contributed by atoms with van der Waals surface area (Å²) in [4.78, 5) is 24.8. The van der Waals surface area contributed by atoms with Crippen molar-refractivity contribution in [2.24, 2.45) is 0 Å². The molecule has 3 heteroatoms. The predicted molar refractivity (Wildman–Crippen MR) is 91.7 cm³/mol. The average Bonchev–Trinajstić information content (AvgIpc) is 2.60. The number of nitrogens with zero attached hydrogens (tertiary/aromatic N) is 1. The first-order valence-electron chi connectivity index (χ1n) is 8.09. The van der Waals surface area contributed by atoms with Crippen molar-refractivity contribution in [1.29, 1.82) is 0 Å². The summed E-state index contributed by atoms with van der Waals surface area (Å²) in [6.07, 6.45) is 3.48. The molecule has 0 atom stereocenters. The van der Waals surface area contributed by atoms with Gasteiger partial charge in [0.15, 0.2) is 0 Å². The molecule has 0 bridgehead atoms. The van der Waals surface area contributed by atoms with E-state index in [0.29, 0.717) is 25.9 Å². The Kier molecular flexibility index (Phi) is 7.05. The molecule has 2 aromatic carbocycles. The lowest BCUT2D eigenvalue weighted by atomic mass is 10.1. The Morgan fingerprint density at radius 2 is 1.35 bits per heavy atom. The van der Waals surface area contributed by atoms with Crippen molar-refractivity contribution >= 4 is 12.2 Å². The molecule has 23 heavy (non-hydrogen) atoms. The fraction of sp³-hybridized carbons (Fsp3) is 0.300. The second-order valence-electron chi connectivity index (χ2n) is 5.63. The van der Waals surface area contributed by atoms with Gasteiger partial charge in [-0.05, 0) is 24.0 Å². The summed E-state index contributed by atoms with van der Waals surface area (Å²) < 4.78 is 0. The number of aldehydes is 1. The third-order valence-electron chi connectivity index (χ3n) is 3.75. The van der Waals surface area contributed by atoms with E-state index in [1.165, 1.54) is 0 Å². The highest BCUT2D eigenvalue weighted by Crippen LogP contribution is 2.13. The highest BCUT2D eigenvalue weighted by atomic mass is 16.2. The van der Waals surface area contributed by atoms with E-state index in [4.69, 9.17) is 0 Å². The van der Waals surface area contributed by atoms with Crippen LogP contribution in [0.5, 0.6) is 0 Å². The average molecular weight is 309 g/mol. The van der Waals surface area contributed by atoms with Crippen LogP contribution in [-0.4, -0.2) is 17.1 Å². The first-order valence-corrected chi connectivity index (χ1v) is 8.09. The van der Waals surface area contributed by atoms with Gasteiger partial charge >= 0.3 is 0 Å². The molecule has 0 N–H and O–H groups in total. The summed E-state index contributed by atoms with van der Waals surface area (Å²) in [5, 5.41) is 0. The third kappa shape index (κ3) is 6.07. The van der Waals surface area contributed by atoms with Crippen LogP contribution in [0.15, 0.2) is 60.7 Å². The van der Waals surface area contributed by atoms with Crippen molar-refractivity contribution in [2.45, 2.75) is 38.8 Å². The van der Waals surface area contributed by atoms with Gasteiger partial charge in [0.2, 0.25) is 5.91 Å². The minimum absolute atomic E-state index is 0.142. The third-order valence-corrected chi connectivity index (χ3v) is 3.75. The number of unbranched alkanes of at least 4 members (excludes halogenated alkanes) is 2. The molecule has 0 heterocycles. The van der Waals surface area contributed by atoms with Crippen LogP contribution in [-0.2, 0) is 22.7 Å². The number of rotatable bonds is 9. The highest BCUT2D eigenvalue weighted by molar-refractivity contribution is 5.76. The quantitative estimate of drug-likeness (QED) is 0.519. The Morgan fingerprint density at radius 1 is 0.826 bits per heavy atom. The molecule has 120 valence electrons. The molecule has 0 aromatic heterocycles. The Hall–Kier alpha value is -2.42. The topological polar surface area (TPSA) is 37.4 Å². The number of benzene rings is 2. The van der Waals surface area contributed by atoms with E-state index < -0.39 is 0 Å². The van der Waals surface area contributed by atoms with Gasteiger partial charge in [0, 0.05) is 25.9 Å². The zero-order valence-electron chi connectivity index (χ0n) is 13.4. The fourth-order valence-corrected chi connectivity index (χ4v) is 2.50. The SMILES string of the molecule is O=CCCCCC(=O)N(Cc1ccccc1)Cc1ccccc1. The van der Waals surface area contributed by atoms with Gasteiger partial charge in [0.05, 0.1) is 0 Å². The molecular formula is C20H23NO2. The second kappa shape index (κ2) is 9.57. The van der Waals surface area contributed by atoms with Gasteiger partial charge in [0.1, 0.15) is 6.29 Å². The van der Waals surface area contributed by atoms with Gasteiger partial charge < -0.3 is 9.69 Å². The van der Waals surface area contributed by atoms with Gasteiger partial charge in [-0.3, -0.25) is 4.79 Å². The molecule has 0 aliphatic heterocycles. The van der Waals surface area contributed by atoms with E-state index in [-0.39, 0.29) is 5.91 Å². The lowest BCUT2D eigenvalue weighted by Gasteiger charge is -2.23.